The van der Waals surface area contributed by atoms with Crippen LogP contribution in [0.5, 0.6) is 11.5 Å². The van der Waals surface area contributed by atoms with Gasteiger partial charge in [-0.2, -0.15) is 0 Å². The van der Waals surface area contributed by atoms with Crippen molar-refractivity contribution in [2.75, 3.05) is 27.2 Å². The molecule has 3 rings (SSSR count). The van der Waals surface area contributed by atoms with Crippen molar-refractivity contribution in [3.8, 4) is 11.5 Å². The van der Waals surface area contributed by atoms with Gasteiger partial charge >= 0.3 is 0 Å². The minimum Gasteiger partial charge on any atom is -0.491 e. The van der Waals surface area contributed by atoms with Crippen molar-refractivity contribution in [1.82, 2.24) is 10.2 Å². The van der Waals surface area contributed by atoms with Crippen LogP contribution in [0.1, 0.15) is 44.7 Å². The van der Waals surface area contributed by atoms with Gasteiger partial charge < -0.3 is 19.7 Å². The second-order valence-electron chi connectivity index (χ2n) is 7.00. The van der Waals surface area contributed by atoms with E-state index in [1.54, 1.807) is 0 Å². The highest BCUT2D eigenvalue weighted by atomic mass is 16.5. The normalized spacial score (nSPS) is 24.1. The smallest absolute Gasteiger partial charge is 0.125 e. The molecule has 2 aliphatic heterocycles. The van der Waals surface area contributed by atoms with Crippen molar-refractivity contribution in [3.63, 3.8) is 0 Å². The topological polar surface area (TPSA) is 33.7 Å². The van der Waals surface area contributed by atoms with Crippen molar-refractivity contribution >= 4 is 0 Å². The van der Waals surface area contributed by atoms with Crippen LogP contribution >= 0.6 is 0 Å². The van der Waals surface area contributed by atoms with Crippen molar-refractivity contribution in [3.05, 3.63) is 23.8 Å². The first kappa shape index (κ1) is 15.6. The van der Waals surface area contributed by atoms with Crippen LogP contribution in [-0.2, 0) is 0 Å². The average molecular weight is 304 g/mol. The lowest BCUT2D eigenvalue weighted by Crippen LogP contribution is -2.50. The number of nitrogens with one attached hydrogen (secondary N) is 1. The number of piperidine rings is 1. The van der Waals surface area contributed by atoms with E-state index in [2.05, 4.69) is 43.2 Å². The zero-order chi connectivity index (χ0) is 15.7. The van der Waals surface area contributed by atoms with Crippen LogP contribution in [0, 0.1) is 0 Å². The molecule has 1 aromatic rings. The van der Waals surface area contributed by atoms with Gasteiger partial charge in [-0.1, -0.05) is 0 Å². The summed E-state index contributed by atoms with van der Waals surface area (Å²) >= 11 is 0. The zero-order valence-electron chi connectivity index (χ0n) is 14.2. The molecule has 22 heavy (non-hydrogen) atoms. The molecule has 0 amide bonds. The van der Waals surface area contributed by atoms with E-state index in [0.717, 1.165) is 43.9 Å². The lowest BCUT2D eigenvalue weighted by Gasteiger charge is -2.46. The Kier molecular flexibility index (Phi) is 4.33. The summed E-state index contributed by atoms with van der Waals surface area (Å²) in [6.07, 6.45) is 3.43. The van der Waals surface area contributed by atoms with Gasteiger partial charge in [-0.3, -0.25) is 0 Å². The molecule has 1 spiro atoms. The predicted molar refractivity (Wildman–Crippen MR) is 88.7 cm³/mol. The molecule has 1 aromatic carbocycles. The summed E-state index contributed by atoms with van der Waals surface area (Å²) < 4.78 is 12.3. The second-order valence-corrected chi connectivity index (χ2v) is 7.00. The fraction of sp³-hybridized carbons (Fsp3) is 0.667. The third-order valence-electron chi connectivity index (χ3n) is 4.88. The molecule has 0 aliphatic carbocycles. The lowest BCUT2D eigenvalue weighted by atomic mass is 9.80. The van der Waals surface area contributed by atoms with Crippen LogP contribution < -0.4 is 14.8 Å². The fourth-order valence-corrected chi connectivity index (χ4v) is 3.58. The SMILES string of the molecule is CNC1CC2(CCN(C)CC2)Oc2ccc(OC(C)C)cc21. The molecule has 0 aromatic heterocycles. The Morgan fingerprint density at radius 2 is 2.05 bits per heavy atom. The summed E-state index contributed by atoms with van der Waals surface area (Å²) in [6, 6.07) is 6.58. The summed E-state index contributed by atoms with van der Waals surface area (Å²) in [7, 11) is 4.23. The van der Waals surface area contributed by atoms with Gasteiger partial charge in [-0.15, -0.1) is 0 Å². The van der Waals surface area contributed by atoms with Gasteiger partial charge in [0.1, 0.15) is 17.1 Å². The maximum atomic E-state index is 6.48. The van der Waals surface area contributed by atoms with E-state index in [9.17, 15) is 0 Å². The van der Waals surface area contributed by atoms with Crippen LogP contribution in [0.3, 0.4) is 0 Å². The van der Waals surface area contributed by atoms with E-state index >= 15 is 0 Å². The number of hydrogen-bond donors (Lipinski definition) is 1. The molecule has 1 atom stereocenters. The number of nitrogens with zero attached hydrogens (tertiary/aromatic N) is 1. The lowest BCUT2D eigenvalue weighted by molar-refractivity contribution is -0.0196. The van der Waals surface area contributed by atoms with E-state index in [4.69, 9.17) is 9.47 Å². The Bertz CT molecular complexity index is 522. The summed E-state index contributed by atoms with van der Waals surface area (Å²) in [5.74, 6) is 1.95. The monoisotopic (exact) mass is 304 g/mol. The highest BCUT2D eigenvalue weighted by Crippen LogP contribution is 2.45. The largest absolute Gasteiger partial charge is 0.491 e. The van der Waals surface area contributed by atoms with Crippen LogP contribution in [0.4, 0.5) is 0 Å². The average Bonchev–Trinajstić information content (AvgIpc) is 2.49. The standard InChI is InChI=1S/C18H28N2O2/c1-13(2)21-14-5-6-17-15(11-14)16(19-3)12-18(22-17)7-9-20(4)10-8-18/h5-6,11,13,16,19H,7-10,12H2,1-4H3. The molecule has 2 heterocycles. The third-order valence-corrected chi connectivity index (χ3v) is 4.88. The van der Waals surface area contributed by atoms with Crippen molar-refractivity contribution in [2.24, 2.45) is 0 Å². The molecule has 122 valence electrons. The molecular formula is C18H28N2O2. The van der Waals surface area contributed by atoms with Crippen LogP contribution in [0.2, 0.25) is 0 Å². The molecule has 1 saturated heterocycles. The number of fused-ring (bicyclic) bond motifs is 1. The second kappa shape index (κ2) is 6.09. The van der Waals surface area contributed by atoms with Crippen LogP contribution in [-0.4, -0.2) is 43.8 Å². The Morgan fingerprint density at radius 1 is 1.32 bits per heavy atom. The molecule has 1 N–H and O–H groups in total. The molecule has 0 saturated carbocycles. The molecule has 2 aliphatic rings. The van der Waals surface area contributed by atoms with Gasteiger partial charge in [-0.25, -0.2) is 0 Å². The number of rotatable bonds is 3. The van der Waals surface area contributed by atoms with Gasteiger partial charge in [0.25, 0.3) is 0 Å². The number of likely N-dealkylation sites (tertiary alicyclic amines) is 1. The van der Waals surface area contributed by atoms with Crippen LogP contribution in [0.25, 0.3) is 0 Å². The number of ether oxygens (including phenoxy) is 2. The Morgan fingerprint density at radius 3 is 2.68 bits per heavy atom. The predicted octanol–water partition coefficient (Wildman–Crippen LogP) is 2.98. The number of hydrogen-bond acceptors (Lipinski definition) is 4. The Labute approximate surface area is 133 Å². The molecule has 0 bridgehead atoms. The fourth-order valence-electron chi connectivity index (χ4n) is 3.58. The molecule has 4 heteroatoms. The van der Waals surface area contributed by atoms with Crippen LogP contribution in [0.15, 0.2) is 18.2 Å². The first-order valence-corrected chi connectivity index (χ1v) is 8.37. The quantitative estimate of drug-likeness (QED) is 0.931. The first-order valence-electron chi connectivity index (χ1n) is 8.37. The highest BCUT2D eigenvalue weighted by molar-refractivity contribution is 5.44. The highest BCUT2D eigenvalue weighted by Gasteiger charge is 2.42. The summed E-state index contributed by atoms with van der Waals surface area (Å²) in [6.45, 7) is 6.33. The summed E-state index contributed by atoms with van der Waals surface area (Å²) in [5.41, 5.74) is 1.22. The van der Waals surface area contributed by atoms with Crippen molar-refractivity contribution in [2.45, 2.75) is 50.9 Å². The molecular weight excluding hydrogens is 276 g/mol. The summed E-state index contributed by atoms with van der Waals surface area (Å²) in [5, 5.41) is 3.47. The Balaban J connectivity index is 1.86. The summed E-state index contributed by atoms with van der Waals surface area (Å²) in [4.78, 5) is 2.39. The molecule has 0 radical (unpaired) electrons. The van der Waals surface area contributed by atoms with E-state index in [1.807, 2.05) is 13.1 Å². The van der Waals surface area contributed by atoms with E-state index < -0.39 is 0 Å². The first-order chi connectivity index (χ1) is 10.5. The molecule has 1 unspecified atom stereocenters. The molecule has 4 nitrogen and oxygen atoms in total. The van der Waals surface area contributed by atoms with Gasteiger partial charge in [0.2, 0.25) is 0 Å². The number of benzene rings is 1. The van der Waals surface area contributed by atoms with Crippen molar-refractivity contribution in [1.29, 1.82) is 0 Å². The zero-order valence-corrected chi connectivity index (χ0v) is 14.2. The van der Waals surface area contributed by atoms with E-state index in [0.29, 0.717) is 6.04 Å². The minimum atomic E-state index is -0.00634. The van der Waals surface area contributed by atoms with Gasteiger partial charge in [-0.05, 0) is 59.0 Å². The van der Waals surface area contributed by atoms with E-state index in [-0.39, 0.29) is 11.7 Å². The van der Waals surface area contributed by atoms with Gasteiger partial charge in [0, 0.05) is 31.1 Å². The Hall–Kier alpha value is -1.26. The minimum absolute atomic E-state index is 0.00634. The van der Waals surface area contributed by atoms with Gasteiger partial charge in [0.05, 0.1) is 6.10 Å². The van der Waals surface area contributed by atoms with Crippen molar-refractivity contribution < 1.29 is 9.47 Å². The maximum absolute atomic E-state index is 6.48. The third kappa shape index (κ3) is 3.08. The van der Waals surface area contributed by atoms with E-state index in [1.165, 1.54) is 5.56 Å². The van der Waals surface area contributed by atoms with Gasteiger partial charge in [0.15, 0.2) is 0 Å². The maximum Gasteiger partial charge on any atom is 0.125 e. The molecule has 1 fully saturated rings.